The molecule has 0 spiro atoms. The van der Waals surface area contributed by atoms with Crippen molar-refractivity contribution >= 4 is 50.4 Å². The molecule has 0 fully saturated rings. The van der Waals surface area contributed by atoms with Gasteiger partial charge in [0.2, 0.25) is 5.52 Å². The second kappa shape index (κ2) is 10.1. The van der Waals surface area contributed by atoms with Crippen LogP contribution in [0.25, 0.3) is 33.3 Å². The lowest BCUT2D eigenvalue weighted by atomic mass is 10.1. The second-order valence-corrected chi connectivity index (χ2v) is 10.7. The zero-order valence-corrected chi connectivity index (χ0v) is 21.7. The highest BCUT2D eigenvalue weighted by Crippen LogP contribution is 2.24. The van der Waals surface area contributed by atoms with Crippen molar-refractivity contribution in [3.63, 3.8) is 0 Å². The van der Waals surface area contributed by atoms with Gasteiger partial charge in [0.1, 0.15) is 10.3 Å². The van der Waals surface area contributed by atoms with Crippen LogP contribution >= 0.6 is 11.3 Å². The lowest BCUT2D eigenvalue weighted by Gasteiger charge is -2.22. The van der Waals surface area contributed by atoms with Gasteiger partial charge in [-0.15, -0.1) is 0 Å². The Morgan fingerprint density at radius 1 is 1.03 bits per heavy atom. The van der Waals surface area contributed by atoms with Gasteiger partial charge in [-0.25, -0.2) is 4.79 Å². The van der Waals surface area contributed by atoms with Crippen molar-refractivity contribution in [2.24, 2.45) is 0 Å². The molecule has 5 nitrogen and oxygen atoms in total. The summed E-state index contributed by atoms with van der Waals surface area (Å²) >= 11 is 1.75. The molecule has 178 valence electrons. The van der Waals surface area contributed by atoms with Gasteiger partial charge in [-0.05, 0) is 44.2 Å². The van der Waals surface area contributed by atoms with Gasteiger partial charge < -0.3 is 13.8 Å². The Morgan fingerprint density at radius 2 is 1.79 bits per heavy atom. The molecule has 4 rings (SSSR count). The smallest absolute Gasteiger partial charge is 0.343 e. The van der Waals surface area contributed by atoms with Crippen molar-refractivity contribution in [2.45, 2.75) is 26.8 Å². The van der Waals surface area contributed by atoms with E-state index in [1.807, 2.05) is 24.3 Å². The summed E-state index contributed by atoms with van der Waals surface area (Å²) in [7, 11) is 6.67. The number of hydrogen-bond acceptors (Lipinski definition) is 4. The van der Waals surface area contributed by atoms with Gasteiger partial charge in [0, 0.05) is 42.4 Å². The topological polar surface area (TPSA) is 37.3 Å². The van der Waals surface area contributed by atoms with Crippen LogP contribution in [0.15, 0.2) is 57.7 Å². The fraction of sp³-hybridized carbons (Fsp3) is 0.357. The van der Waals surface area contributed by atoms with Crippen molar-refractivity contribution in [2.75, 3.05) is 45.7 Å². The molecule has 0 unspecified atom stereocenters. The van der Waals surface area contributed by atoms with E-state index in [4.69, 9.17) is 4.42 Å². The van der Waals surface area contributed by atoms with E-state index in [0.717, 1.165) is 53.2 Å². The first-order valence-corrected chi connectivity index (χ1v) is 12.8. The first kappa shape index (κ1) is 24.2. The van der Waals surface area contributed by atoms with E-state index < -0.39 is 0 Å². The fourth-order valence-corrected chi connectivity index (χ4v) is 5.38. The summed E-state index contributed by atoms with van der Waals surface area (Å²) in [5, 5.41) is 2.07. The number of para-hydroxylation sites is 1. The van der Waals surface area contributed by atoms with Gasteiger partial charge in [0.25, 0.3) is 5.01 Å². The van der Waals surface area contributed by atoms with E-state index in [0.29, 0.717) is 11.1 Å². The molecular weight excluding hydrogens is 442 g/mol. The summed E-state index contributed by atoms with van der Waals surface area (Å²) in [4.78, 5) is 15.0. The van der Waals surface area contributed by atoms with Gasteiger partial charge >= 0.3 is 5.63 Å². The fourth-order valence-electron chi connectivity index (χ4n) is 4.29. The highest BCUT2D eigenvalue weighted by molar-refractivity contribution is 7.18. The largest absolute Gasteiger partial charge is 0.422 e. The Morgan fingerprint density at radius 3 is 2.53 bits per heavy atom. The number of aromatic nitrogens is 1. The van der Waals surface area contributed by atoms with Crippen LogP contribution in [0, 0.1) is 0 Å². The average Bonchev–Trinajstić information content (AvgIpc) is 3.15. The number of aryl methyl sites for hydroxylation is 1. The molecule has 0 bridgehead atoms. The second-order valence-electron chi connectivity index (χ2n) is 9.64. The maximum atomic E-state index is 12.8. The SMILES string of the molecule is CCN(CC)c1ccc2cc(C=Cc3sc4ccccc4[n+]3CCC[N+](C)(C)C)c(=O)oc2c1. The van der Waals surface area contributed by atoms with Crippen LogP contribution in [-0.2, 0) is 6.54 Å². The van der Waals surface area contributed by atoms with Crippen molar-refractivity contribution < 1.29 is 13.5 Å². The maximum absolute atomic E-state index is 12.8. The van der Waals surface area contributed by atoms with Crippen molar-refractivity contribution in [1.82, 2.24) is 0 Å². The molecule has 2 aromatic heterocycles. The molecule has 0 radical (unpaired) electrons. The third kappa shape index (κ3) is 5.40. The number of benzene rings is 2. The molecule has 6 heteroatoms. The highest BCUT2D eigenvalue weighted by atomic mass is 32.1. The average molecular weight is 478 g/mol. The zero-order valence-electron chi connectivity index (χ0n) is 20.9. The first-order chi connectivity index (χ1) is 16.3. The molecule has 34 heavy (non-hydrogen) atoms. The van der Waals surface area contributed by atoms with E-state index >= 15 is 0 Å². The number of anilines is 1. The number of fused-ring (bicyclic) bond motifs is 2. The minimum Gasteiger partial charge on any atom is -0.422 e. The summed E-state index contributed by atoms with van der Waals surface area (Å²) in [6.45, 7) is 8.12. The number of quaternary nitrogens is 1. The first-order valence-electron chi connectivity index (χ1n) is 12.0. The molecule has 2 heterocycles. The van der Waals surface area contributed by atoms with E-state index in [2.05, 4.69) is 80.9 Å². The van der Waals surface area contributed by atoms with Gasteiger partial charge in [0.05, 0.1) is 39.7 Å². The number of nitrogens with zero attached hydrogens (tertiary/aromatic N) is 3. The predicted octanol–water partition coefficient (Wildman–Crippen LogP) is 5.41. The van der Waals surface area contributed by atoms with Crippen molar-refractivity contribution in [1.29, 1.82) is 0 Å². The third-order valence-electron chi connectivity index (χ3n) is 6.13. The van der Waals surface area contributed by atoms with E-state index in [1.54, 1.807) is 11.3 Å². The highest BCUT2D eigenvalue weighted by Gasteiger charge is 2.19. The lowest BCUT2D eigenvalue weighted by Crippen LogP contribution is -2.40. The van der Waals surface area contributed by atoms with Crippen LogP contribution in [0.3, 0.4) is 0 Å². The summed E-state index contributed by atoms with van der Waals surface area (Å²) in [6, 6.07) is 16.5. The minimum atomic E-state index is -0.307. The molecule has 0 amide bonds. The summed E-state index contributed by atoms with van der Waals surface area (Å²) in [6.07, 6.45) is 5.03. The van der Waals surface area contributed by atoms with Crippen molar-refractivity contribution in [3.05, 3.63) is 69.5 Å². The van der Waals surface area contributed by atoms with E-state index in [-0.39, 0.29) is 5.63 Å². The van der Waals surface area contributed by atoms with Gasteiger partial charge in [-0.1, -0.05) is 23.5 Å². The molecule has 4 aromatic rings. The van der Waals surface area contributed by atoms with Gasteiger partial charge in [0.15, 0.2) is 6.54 Å². The lowest BCUT2D eigenvalue weighted by molar-refractivity contribution is -0.873. The Balaban J connectivity index is 1.66. The predicted molar refractivity (Wildman–Crippen MR) is 145 cm³/mol. The standard InChI is InChI=1S/C28H35N3O2S/c1-6-29(7-2)23-15-13-21-19-22(28(32)33-25(21)20-23)14-16-27-30(17-10-18-31(3,4)5)24-11-8-9-12-26(24)34-27/h8-9,11-16,19-20H,6-7,10,17-18H2,1-5H3/q+2. The molecular formula is C28H35N3O2S+2. The van der Waals surface area contributed by atoms with Crippen molar-refractivity contribution in [3.8, 4) is 0 Å². The Kier molecular flexibility index (Phi) is 7.19. The van der Waals surface area contributed by atoms with E-state index in [9.17, 15) is 4.79 Å². The number of rotatable bonds is 9. The molecule has 0 saturated heterocycles. The molecule has 0 aliphatic carbocycles. The summed E-state index contributed by atoms with van der Waals surface area (Å²) in [5.41, 5.74) is 3.20. The molecule has 2 aromatic carbocycles. The summed E-state index contributed by atoms with van der Waals surface area (Å²) in [5.74, 6) is 0. The monoisotopic (exact) mass is 477 g/mol. The third-order valence-corrected chi connectivity index (χ3v) is 7.26. The summed E-state index contributed by atoms with van der Waals surface area (Å²) < 4.78 is 10.3. The van der Waals surface area contributed by atoms with Crippen LogP contribution < -0.4 is 15.1 Å². The van der Waals surface area contributed by atoms with Crippen LogP contribution in [0.5, 0.6) is 0 Å². The molecule has 0 aliphatic rings. The molecule has 0 aliphatic heterocycles. The van der Waals surface area contributed by atoms with E-state index in [1.165, 1.54) is 10.2 Å². The van der Waals surface area contributed by atoms with Crippen LogP contribution in [0.4, 0.5) is 5.69 Å². The Labute approximate surface area is 205 Å². The van der Waals surface area contributed by atoms with Gasteiger partial charge in [-0.2, -0.15) is 4.57 Å². The molecule has 0 saturated carbocycles. The minimum absolute atomic E-state index is 0.307. The van der Waals surface area contributed by atoms with Crippen LogP contribution in [-0.4, -0.2) is 45.3 Å². The zero-order chi connectivity index (χ0) is 24.3. The van der Waals surface area contributed by atoms with Crippen LogP contribution in [0.2, 0.25) is 0 Å². The van der Waals surface area contributed by atoms with Crippen LogP contribution in [0.1, 0.15) is 30.8 Å². The number of hydrogen-bond donors (Lipinski definition) is 0. The van der Waals surface area contributed by atoms with Gasteiger partial charge in [-0.3, -0.25) is 0 Å². The number of thiazole rings is 1. The Hall–Kier alpha value is -2.96. The Bertz CT molecular complexity index is 1370. The molecule has 0 atom stereocenters. The maximum Gasteiger partial charge on any atom is 0.343 e. The normalized spacial score (nSPS) is 12.3. The molecule has 0 N–H and O–H groups in total. The quantitative estimate of drug-likeness (QED) is 0.184.